The Hall–Kier alpha value is -1.37. The predicted molar refractivity (Wildman–Crippen MR) is 78.4 cm³/mol. The summed E-state index contributed by atoms with van der Waals surface area (Å²) in [5.41, 5.74) is 2.24. The van der Waals surface area contributed by atoms with E-state index >= 15 is 0 Å². The summed E-state index contributed by atoms with van der Waals surface area (Å²) in [7, 11) is 0. The Kier molecular flexibility index (Phi) is 7.09. The Morgan fingerprint density at radius 2 is 1.61 bits per heavy atom. The molecule has 0 aromatic heterocycles. The molecule has 0 unspecified atom stereocenters. The van der Waals surface area contributed by atoms with Gasteiger partial charge < -0.3 is 0 Å². The second kappa shape index (κ2) is 8.68. The minimum Gasteiger partial charge on any atom is -0.299 e. The van der Waals surface area contributed by atoms with Crippen molar-refractivity contribution in [2.24, 2.45) is 5.92 Å². The van der Waals surface area contributed by atoms with Crippen molar-refractivity contribution in [3.8, 4) is 0 Å². The molecule has 0 heterocycles. The molecule has 0 saturated heterocycles. The first-order valence-corrected chi connectivity index (χ1v) is 6.87. The van der Waals surface area contributed by atoms with E-state index in [9.17, 15) is 4.79 Å². The van der Waals surface area contributed by atoms with Crippen LogP contribution in [0.2, 0.25) is 0 Å². The van der Waals surface area contributed by atoms with Gasteiger partial charge in [-0.1, -0.05) is 55.2 Å². The van der Waals surface area contributed by atoms with E-state index in [1.807, 2.05) is 19.1 Å². The highest BCUT2D eigenvalue weighted by molar-refractivity contribution is 5.66. The van der Waals surface area contributed by atoms with Crippen LogP contribution in [0.5, 0.6) is 0 Å². The lowest BCUT2D eigenvalue weighted by atomic mass is 9.89. The third-order valence-corrected chi connectivity index (χ3v) is 3.33. The average Bonchev–Trinajstić information content (AvgIpc) is 2.38. The van der Waals surface area contributed by atoms with E-state index in [4.69, 9.17) is 0 Å². The van der Waals surface area contributed by atoms with E-state index < -0.39 is 0 Å². The largest absolute Gasteiger partial charge is 0.299 e. The van der Waals surface area contributed by atoms with Crippen molar-refractivity contribution in [2.75, 3.05) is 0 Å². The van der Waals surface area contributed by atoms with Gasteiger partial charge in [0.25, 0.3) is 0 Å². The monoisotopic (exact) mass is 244 g/mol. The van der Waals surface area contributed by atoms with Crippen LogP contribution in [0.3, 0.4) is 0 Å². The molecule has 0 aromatic carbocycles. The number of hydrogen-bond acceptors (Lipinski definition) is 1. The molecule has 0 spiro atoms. The maximum atomic E-state index is 10.3. The summed E-state index contributed by atoms with van der Waals surface area (Å²) in [5.74, 6) is 0.780. The topological polar surface area (TPSA) is 17.1 Å². The van der Waals surface area contributed by atoms with Crippen molar-refractivity contribution in [3.05, 3.63) is 47.6 Å². The minimum atomic E-state index is 0.780. The van der Waals surface area contributed by atoms with E-state index in [-0.39, 0.29) is 0 Å². The number of carbonyl (C=O) groups excluding carboxylic acids is 1. The fourth-order valence-electron chi connectivity index (χ4n) is 2.18. The minimum absolute atomic E-state index is 0.780. The van der Waals surface area contributed by atoms with Crippen LogP contribution in [-0.4, -0.2) is 6.29 Å². The zero-order valence-electron chi connectivity index (χ0n) is 11.6. The maximum Gasteiger partial charge on any atom is 0.143 e. The summed E-state index contributed by atoms with van der Waals surface area (Å²) >= 11 is 0. The third-order valence-electron chi connectivity index (χ3n) is 3.33. The Morgan fingerprint density at radius 1 is 0.944 bits per heavy atom. The molecule has 0 aliphatic heterocycles. The average molecular weight is 244 g/mol. The van der Waals surface area contributed by atoms with Gasteiger partial charge >= 0.3 is 0 Å². The Bertz CT molecular complexity index is 363. The highest BCUT2D eigenvalue weighted by Gasteiger charge is 2.09. The van der Waals surface area contributed by atoms with Gasteiger partial charge in [-0.2, -0.15) is 0 Å². The molecule has 0 amide bonds. The number of rotatable bonds is 5. The van der Waals surface area contributed by atoms with Crippen LogP contribution in [0.1, 0.15) is 46.0 Å². The number of allylic oxidation sites excluding steroid dienone is 8. The molecule has 18 heavy (non-hydrogen) atoms. The van der Waals surface area contributed by atoms with Gasteiger partial charge in [0.15, 0.2) is 0 Å². The summed E-state index contributed by atoms with van der Waals surface area (Å²) in [6.07, 6.45) is 19.9. The van der Waals surface area contributed by atoms with Crippen LogP contribution in [0.4, 0.5) is 0 Å². The molecule has 1 nitrogen and oxygen atoms in total. The Labute approximate surface area is 111 Å². The second-order valence-electron chi connectivity index (χ2n) is 5.07. The van der Waals surface area contributed by atoms with Gasteiger partial charge in [0.1, 0.15) is 6.29 Å². The van der Waals surface area contributed by atoms with Crippen molar-refractivity contribution >= 4 is 6.29 Å². The second-order valence-corrected chi connectivity index (χ2v) is 5.07. The molecular weight excluding hydrogens is 220 g/mol. The summed E-state index contributed by atoms with van der Waals surface area (Å²) in [6.45, 7) is 4.04. The summed E-state index contributed by atoms with van der Waals surface area (Å²) < 4.78 is 0. The molecule has 1 fully saturated rings. The lowest BCUT2D eigenvalue weighted by Gasteiger charge is -2.17. The van der Waals surface area contributed by atoms with Gasteiger partial charge in [-0.05, 0) is 44.3 Å². The van der Waals surface area contributed by atoms with Crippen molar-refractivity contribution in [1.29, 1.82) is 0 Å². The van der Waals surface area contributed by atoms with Crippen molar-refractivity contribution < 1.29 is 4.79 Å². The molecule has 0 atom stereocenters. The smallest absolute Gasteiger partial charge is 0.143 e. The highest BCUT2D eigenvalue weighted by Crippen LogP contribution is 2.24. The molecular formula is C17H24O. The molecule has 0 aromatic rings. The molecule has 0 N–H and O–H groups in total. The summed E-state index contributed by atoms with van der Waals surface area (Å²) in [4.78, 5) is 10.3. The van der Waals surface area contributed by atoms with Crippen LogP contribution < -0.4 is 0 Å². The van der Waals surface area contributed by atoms with Crippen molar-refractivity contribution in [3.63, 3.8) is 0 Å². The van der Waals surface area contributed by atoms with Crippen LogP contribution in [0, 0.1) is 5.92 Å². The van der Waals surface area contributed by atoms with Gasteiger partial charge in [-0.15, -0.1) is 0 Å². The Balaban J connectivity index is 2.43. The molecule has 1 rings (SSSR count). The maximum absolute atomic E-state index is 10.3. The Morgan fingerprint density at radius 3 is 2.28 bits per heavy atom. The lowest BCUT2D eigenvalue weighted by molar-refractivity contribution is -0.104. The highest BCUT2D eigenvalue weighted by atomic mass is 16.1. The predicted octanol–water partition coefficient (Wildman–Crippen LogP) is 4.77. The van der Waals surface area contributed by atoms with Gasteiger partial charge in [0, 0.05) is 0 Å². The molecule has 1 saturated carbocycles. The fraction of sp³-hybridized carbons (Fsp3) is 0.471. The van der Waals surface area contributed by atoms with Crippen molar-refractivity contribution in [2.45, 2.75) is 46.0 Å². The van der Waals surface area contributed by atoms with E-state index in [0.717, 1.165) is 17.8 Å². The van der Waals surface area contributed by atoms with Crippen LogP contribution >= 0.6 is 0 Å². The molecule has 1 aliphatic carbocycles. The van der Waals surface area contributed by atoms with Gasteiger partial charge in [0.2, 0.25) is 0 Å². The first kappa shape index (κ1) is 14.7. The van der Waals surface area contributed by atoms with Crippen molar-refractivity contribution in [1.82, 2.24) is 0 Å². The lowest BCUT2D eigenvalue weighted by Crippen LogP contribution is -2.02. The zero-order chi connectivity index (χ0) is 13.2. The molecule has 0 bridgehead atoms. The number of hydrogen-bond donors (Lipinski definition) is 0. The van der Waals surface area contributed by atoms with E-state index in [0.29, 0.717) is 0 Å². The summed E-state index contributed by atoms with van der Waals surface area (Å²) in [5, 5.41) is 0. The van der Waals surface area contributed by atoms with E-state index in [2.05, 4.69) is 25.2 Å². The van der Waals surface area contributed by atoms with E-state index in [1.54, 1.807) is 6.08 Å². The number of carbonyl (C=O) groups is 1. The standard InChI is InChI=1S/C17H24O/c1-15(7-6-8-16(2)13-14-18)11-12-17-9-4-3-5-10-17/h6-8,11-14,17H,3-5,9-10H2,1-2H3/b8-6+,12-11+,15-7+,16-13+. The van der Waals surface area contributed by atoms with Gasteiger partial charge in [-0.25, -0.2) is 0 Å². The van der Waals surface area contributed by atoms with Crippen LogP contribution in [-0.2, 0) is 4.79 Å². The normalized spacial score (nSPS) is 19.9. The number of aldehydes is 1. The van der Waals surface area contributed by atoms with E-state index in [1.165, 1.54) is 37.7 Å². The molecule has 0 radical (unpaired) electrons. The van der Waals surface area contributed by atoms with Crippen LogP contribution in [0.15, 0.2) is 47.6 Å². The van der Waals surface area contributed by atoms with Crippen LogP contribution in [0.25, 0.3) is 0 Å². The molecule has 1 aliphatic rings. The molecule has 98 valence electrons. The van der Waals surface area contributed by atoms with Gasteiger partial charge in [-0.3, -0.25) is 4.79 Å². The third kappa shape index (κ3) is 6.39. The zero-order valence-corrected chi connectivity index (χ0v) is 11.6. The fourth-order valence-corrected chi connectivity index (χ4v) is 2.18. The summed E-state index contributed by atoms with van der Waals surface area (Å²) in [6, 6.07) is 0. The quantitative estimate of drug-likeness (QED) is 0.387. The first-order valence-electron chi connectivity index (χ1n) is 6.87. The first-order chi connectivity index (χ1) is 8.72. The SMILES string of the molecule is CC(/C=C/C=C(C)/C=C/C1CCCCC1)=C\C=O. The van der Waals surface area contributed by atoms with Gasteiger partial charge in [0.05, 0.1) is 0 Å². The molecule has 1 heteroatoms.